The molecule has 0 N–H and O–H groups in total. The summed E-state index contributed by atoms with van der Waals surface area (Å²) in [7, 11) is 0. The normalized spacial score (nSPS) is 12.0. The van der Waals surface area contributed by atoms with E-state index < -0.39 is 11.5 Å². The molecule has 0 aromatic heterocycles. The van der Waals surface area contributed by atoms with Gasteiger partial charge in [-0.1, -0.05) is 69.1 Å². The lowest BCUT2D eigenvalue weighted by Crippen LogP contribution is -2.49. The fourth-order valence-corrected chi connectivity index (χ4v) is 5.02. The SMILES string of the molecule is CCCCCC/C(=N\OC(C)=O)C(=O)c1ccc(Sc2ccc(C(=O)C(C)(C)N(CC)CC)cc2)cc1. The number of carbonyl (C=O) groups is 3. The summed E-state index contributed by atoms with van der Waals surface area (Å²) in [6.07, 6.45) is 4.47. The molecule has 0 spiro atoms. The number of carbonyl (C=O) groups excluding carboxylic acids is 3. The van der Waals surface area contributed by atoms with Crippen LogP contribution in [0.15, 0.2) is 63.5 Å². The quantitative estimate of drug-likeness (QED) is 0.0805. The first-order chi connectivity index (χ1) is 17.6. The van der Waals surface area contributed by atoms with Crippen LogP contribution in [0.2, 0.25) is 0 Å². The zero-order valence-electron chi connectivity index (χ0n) is 23.0. The van der Waals surface area contributed by atoms with Crippen molar-refractivity contribution in [3.63, 3.8) is 0 Å². The molecule has 0 radical (unpaired) electrons. The summed E-state index contributed by atoms with van der Waals surface area (Å²) in [5.41, 5.74) is 0.902. The Kier molecular flexibility index (Phi) is 12.2. The molecular weight excluding hydrogens is 484 g/mol. The van der Waals surface area contributed by atoms with Crippen molar-refractivity contribution in [1.82, 2.24) is 4.90 Å². The highest BCUT2D eigenvalue weighted by Gasteiger charge is 2.33. The van der Waals surface area contributed by atoms with E-state index in [-0.39, 0.29) is 17.3 Å². The summed E-state index contributed by atoms with van der Waals surface area (Å²) in [5, 5.41) is 3.83. The Bertz CT molecular complexity index is 1070. The number of nitrogens with zero attached hydrogens (tertiary/aromatic N) is 2. The molecule has 0 atom stereocenters. The highest BCUT2D eigenvalue weighted by Crippen LogP contribution is 2.29. The van der Waals surface area contributed by atoms with Crippen LogP contribution in [0, 0.1) is 0 Å². The molecule has 0 saturated carbocycles. The number of hydrogen-bond acceptors (Lipinski definition) is 7. The third kappa shape index (κ3) is 8.93. The van der Waals surface area contributed by atoms with Crippen molar-refractivity contribution in [3.05, 3.63) is 59.7 Å². The van der Waals surface area contributed by atoms with Crippen molar-refractivity contribution in [3.8, 4) is 0 Å². The molecule has 2 rings (SSSR count). The number of unbranched alkanes of at least 4 members (excludes halogenated alkanes) is 3. The fraction of sp³-hybridized carbons (Fsp3) is 0.467. The van der Waals surface area contributed by atoms with Gasteiger partial charge in [-0.15, -0.1) is 0 Å². The Morgan fingerprint density at radius 3 is 1.86 bits per heavy atom. The monoisotopic (exact) mass is 524 g/mol. The molecule has 7 heteroatoms. The Morgan fingerprint density at radius 1 is 0.838 bits per heavy atom. The highest BCUT2D eigenvalue weighted by molar-refractivity contribution is 7.99. The minimum Gasteiger partial charge on any atom is -0.318 e. The molecule has 0 aliphatic heterocycles. The minimum atomic E-state index is -0.561. The molecule has 0 amide bonds. The molecule has 6 nitrogen and oxygen atoms in total. The van der Waals surface area contributed by atoms with Gasteiger partial charge in [0.2, 0.25) is 5.78 Å². The average Bonchev–Trinajstić information content (AvgIpc) is 2.89. The number of Topliss-reactive ketones (excluding diaryl/α,β-unsaturated/α-hetero) is 2. The zero-order chi connectivity index (χ0) is 27.4. The van der Waals surface area contributed by atoms with Gasteiger partial charge in [-0.3, -0.25) is 14.5 Å². The van der Waals surface area contributed by atoms with Crippen molar-refractivity contribution in [2.75, 3.05) is 13.1 Å². The second-order valence-corrected chi connectivity index (χ2v) is 10.6. The van der Waals surface area contributed by atoms with E-state index in [0.717, 1.165) is 48.6 Å². The molecule has 2 aromatic rings. The van der Waals surface area contributed by atoms with Crippen LogP contribution >= 0.6 is 11.8 Å². The zero-order valence-corrected chi connectivity index (χ0v) is 23.8. The second kappa shape index (κ2) is 14.8. The summed E-state index contributed by atoms with van der Waals surface area (Å²) in [4.78, 5) is 46.2. The molecule has 37 heavy (non-hydrogen) atoms. The molecule has 0 aliphatic rings. The van der Waals surface area contributed by atoms with E-state index >= 15 is 0 Å². The van der Waals surface area contributed by atoms with E-state index in [0.29, 0.717) is 17.5 Å². The van der Waals surface area contributed by atoms with Crippen LogP contribution in [0.5, 0.6) is 0 Å². The van der Waals surface area contributed by atoms with E-state index in [1.54, 1.807) is 23.9 Å². The predicted octanol–water partition coefficient (Wildman–Crippen LogP) is 7.21. The maximum absolute atomic E-state index is 13.1. The van der Waals surface area contributed by atoms with Crippen LogP contribution in [0.3, 0.4) is 0 Å². The predicted molar refractivity (Wildman–Crippen MR) is 151 cm³/mol. The molecule has 0 aliphatic carbocycles. The van der Waals surface area contributed by atoms with Gasteiger partial charge in [-0.05, 0) is 76.2 Å². The first kappa shape index (κ1) is 30.5. The van der Waals surface area contributed by atoms with E-state index in [1.807, 2.05) is 50.2 Å². The van der Waals surface area contributed by atoms with Gasteiger partial charge in [-0.25, -0.2) is 4.79 Å². The van der Waals surface area contributed by atoms with Gasteiger partial charge in [0.25, 0.3) is 0 Å². The van der Waals surface area contributed by atoms with Crippen molar-refractivity contribution >= 4 is 35.0 Å². The standard InChI is InChI=1S/C30H40N2O4S/c1-7-10-11-12-13-27(31-36-22(4)33)28(34)23-14-18-25(19-15-23)37-26-20-16-24(17-21-26)29(35)30(5,6)32(8-2)9-3/h14-21H,7-13H2,1-6H3/b31-27+. The first-order valence-corrected chi connectivity index (χ1v) is 13.9. The largest absolute Gasteiger partial charge is 0.331 e. The first-order valence-electron chi connectivity index (χ1n) is 13.1. The van der Waals surface area contributed by atoms with Gasteiger partial charge in [-0.2, -0.15) is 0 Å². The van der Waals surface area contributed by atoms with Crippen LogP contribution in [0.1, 0.15) is 94.4 Å². The van der Waals surface area contributed by atoms with E-state index in [9.17, 15) is 14.4 Å². The fourth-order valence-electron chi connectivity index (χ4n) is 4.20. The second-order valence-electron chi connectivity index (χ2n) is 9.47. The third-order valence-electron chi connectivity index (χ3n) is 6.39. The topological polar surface area (TPSA) is 76.0 Å². The molecule has 0 unspecified atom stereocenters. The summed E-state index contributed by atoms with van der Waals surface area (Å²) in [6, 6.07) is 15.0. The van der Waals surface area contributed by atoms with Crippen LogP contribution < -0.4 is 0 Å². The Hall–Kier alpha value is -2.77. The summed E-state index contributed by atoms with van der Waals surface area (Å²) in [5.74, 6) is -0.667. The molecule has 2 aromatic carbocycles. The molecule has 0 fully saturated rings. The summed E-state index contributed by atoms with van der Waals surface area (Å²) in [6.45, 7) is 13.1. The van der Waals surface area contributed by atoms with Crippen molar-refractivity contribution in [1.29, 1.82) is 0 Å². The van der Waals surface area contributed by atoms with Crippen molar-refractivity contribution in [2.24, 2.45) is 5.16 Å². The van der Waals surface area contributed by atoms with Crippen LogP contribution in [-0.2, 0) is 9.63 Å². The van der Waals surface area contributed by atoms with E-state index in [1.165, 1.54) is 6.92 Å². The van der Waals surface area contributed by atoms with Gasteiger partial charge < -0.3 is 4.84 Å². The molecular formula is C30H40N2O4S. The van der Waals surface area contributed by atoms with E-state index in [4.69, 9.17) is 4.84 Å². The van der Waals surface area contributed by atoms with Crippen molar-refractivity contribution in [2.45, 2.75) is 89.0 Å². The average molecular weight is 525 g/mol. The Morgan fingerprint density at radius 2 is 1.38 bits per heavy atom. The number of ketones is 2. The van der Waals surface area contributed by atoms with Crippen LogP contribution in [-0.4, -0.2) is 46.8 Å². The number of hydrogen-bond donors (Lipinski definition) is 0. The van der Waals surface area contributed by atoms with Crippen LogP contribution in [0.4, 0.5) is 0 Å². The van der Waals surface area contributed by atoms with E-state index in [2.05, 4.69) is 30.8 Å². The Labute approximate surface area is 225 Å². The smallest absolute Gasteiger partial charge is 0.318 e. The molecule has 0 saturated heterocycles. The van der Waals surface area contributed by atoms with Crippen molar-refractivity contribution < 1.29 is 19.2 Å². The summed E-state index contributed by atoms with van der Waals surface area (Å²) >= 11 is 1.56. The molecule has 0 bridgehead atoms. The lowest BCUT2D eigenvalue weighted by atomic mass is 9.91. The summed E-state index contributed by atoms with van der Waals surface area (Å²) < 4.78 is 0. The molecule has 0 heterocycles. The lowest BCUT2D eigenvalue weighted by molar-refractivity contribution is -0.140. The number of likely N-dealkylation sites (N-methyl/N-ethyl adjacent to an activating group) is 1. The number of benzene rings is 2. The van der Waals surface area contributed by atoms with Crippen LogP contribution in [0.25, 0.3) is 0 Å². The van der Waals surface area contributed by atoms with Gasteiger partial charge in [0.15, 0.2) is 5.78 Å². The number of rotatable bonds is 15. The maximum Gasteiger partial charge on any atom is 0.331 e. The maximum atomic E-state index is 13.1. The highest BCUT2D eigenvalue weighted by atomic mass is 32.2. The molecule has 200 valence electrons. The minimum absolute atomic E-state index is 0.108. The van der Waals surface area contributed by atoms with Gasteiger partial charge in [0.05, 0.1) is 5.54 Å². The lowest BCUT2D eigenvalue weighted by Gasteiger charge is -2.35. The van der Waals surface area contributed by atoms with Gasteiger partial charge in [0.1, 0.15) is 5.71 Å². The number of oxime groups is 1. The van der Waals surface area contributed by atoms with Gasteiger partial charge in [0, 0.05) is 27.8 Å². The third-order valence-corrected chi connectivity index (χ3v) is 7.41. The van der Waals surface area contributed by atoms with Gasteiger partial charge >= 0.3 is 5.97 Å². The Balaban J connectivity index is 2.09.